The number of hydrogen-bond donors (Lipinski definition) is 1. The van der Waals surface area contributed by atoms with Gasteiger partial charge in [0.05, 0.1) is 19.9 Å². The van der Waals surface area contributed by atoms with Gasteiger partial charge in [0.2, 0.25) is 0 Å². The molecule has 0 amide bonds. The quantitative estimate of drug-likeness (QED) is 0.623. The van der Waals surface area contributed by atoms with Crippen LogP contribution in [0.3, 0.4) is 0 Å². The minimum Gasteiger partial charge on any atom is -0.493 e. The first-order valence-electron chi connectivity index (χ1n) is 11.9. The number of methoxy groups -OCH3 is 2. The van der Waals surface area contributed by atoms with E-state index in [0.29, 0.717) is 23.9 Å². The van der Waals surface area contributed by atoms with Crippen molar-refractivity contribution in [2.75, 3.05) is 32.2 Å². The van der Waals surface area contributed by atoms with Crippen LogP contribution in [0, 0.1) is 20.8 Å². The molecule has 34 heavy (non-hydrogen) atoms. The molecule has 7 nitrogen and oxygen atoms in total. The molecule has 0 aliphatic carbocycles. The molecule has 1 fully saturated rings. The number of aromatic nitrogens is 2. The molecule has 5 rings (SSSR count). The van der Waals surface area contributed by atoms with Crippen molar-refractivity contribution >= 4 is 11.5 Å². The number of nitrogens with one attached hydrogen (secondary N) is 1. The number of rotatable bonds is 5. The Balaban J connectivity index is 1.72. The summed E-state index contributed by atoms with van der Waals surface area (Å²) < 4.78 is 12.9. The Bertz CT molecular complexity index is 1280. The third-order valence-electron chi connectivity index (χ3n) is 7.01. The lowest BCUT2D eigenvalue weighted by molar-refractivity contribution is 0.354. The van der Waals surface area contributed by atoms with Crippen LogP contribution in [0.5, 0.6) is 11.5 Å². The molecule has 178 valence electrons. The lowest BCUT2D eigenvalue weighted by atomic mass is 9.96. The number of aryl methyl sites for hydroxylation is 4. The lowest BCUT2D eigenvalue weighted by Gasteiger charge is -2.33. The van der Waals surface area contributed by atoms with E-state index in [1.54, 1.807) is 18.8 Å². The van der Waals surface area contributed by atoms with Gasteiger partial charge in [0.15, 0.2) is 11.5 Å². The van der Waals surface area contributed by atoms with Crippen LogP contribution in [-0.4, -0.2) is 42.9 Å². The van der Waals surface area contributed by atoms with Crippen molar-refractivity contribution in [1.29, 1.82) is 0 Å². The molecule has 1 saturated heterocycles. The zero-order valence-corrected chi connectivity index (χ0v) is 20.6. The first-order chi connectivity index (χ1) is 16.4. The van der Waals surface area contributed by atoms with Gasteiger partial charge in [-0.1, -0.05) is 17.7 Å². The second kappa shape index (κ2) is 8.80. The minimum absolute atomic E-state index is 0.216. The standard InChI is InChI=1S/C27H32N4O3/c1-16-10-17(2)26(18(3)11-16)31(20-6-8-28-15-20)25-14-22-21-13-24(34-5)23(33-4)12-19(21)7-9-30(22)27(32)29-25/h10-14,20,28H,6-9,15H2,1-5H3. The van der Waals surface area contributed by atoms with E-state index < -0.39 is 0 Å². The molecule has 2 aliphatic rings. The molecule has 2 aromatic carbocycles. The molecular weight excluding hydrogens is 428 g/mol. The summed E-state index contributed by atoms with van der Waals surface area (Å²) in [6.07, 6.45) is 1.74. The maximum absolute atomic E-state index is 13.3. The molecule has 0 saturated carbocycles. The average molecular weight is 461 g/mol. The first kappa shape index (κ1) is 22.5. The van der Waals surface area contributed by atoms with Crippen molar-refractivity contribution in [3.05, 3.63) is 63.1 Å². The number of nitrogens with zero attached hydrogens (tertiary/aromatic N) is 3. The van der Waals surface area contributed by atoms with Gasteiger partial charge in [-0.05, 0) is 69.0 Å². The van der Waals surface area contributed by atoms with Gasteiger partial charge < -0.3 is 19.7 Å². The largest absolute Gasteiger partial charge is 0.493 e. The van der Waals surface area contributed by atoms with Gasteiger partial charge in [0.25, 0.3) is 0 Å². The van der Waals surface area contributed by atoms with Crippen LogP contribution in [-0.2, 0) is 13.0 Å². The van der Waals surface area contributed by atoms with Crippen molar-refractivity contribution in [1.82, 2.24) is 14.9 Å². The summed E-state index contributed by atoms with van der Waals surface area (Å²) in [7, 11) is 3.28. The van der Waals surface area contributed by atoms with Crippen LogP contribution in [0.1, 0.15) is 28.7 Å². The highest BCUT2D eigenvalue weighted by Crippen LogP contribution is 2.40. The Labute approximate surface area is 200 Å². The third-order valence-corrected chi connectivity index (χ3v) is 7.01. The number of fused-ring (bicyclic) bond motifs is 3. The number of benzene rings is 2. The lowest BCUT2D eigenvalue weighted by Crippen LogP contribution is -2.37. The van der Waals surface area contributed by atoms with Crippen molar-refractivity contribution in [3.8, 4) is 22.8 Å². The summed E-state index contributed by atoms with van der Waals surface area (Å²) in [5.74, 6) is 2.06. The van der Waals surface area contributed by atoms with Crippen molar-refractivity contribution in [2.24, 2.45) is 0 Å². The molecule has 3 aromatic rings. The summed E-state index contributed by atoms with van der Waals surface area (Å²) in [6.45, 7) is 8.80. The molecule has 1 unspecified atom stereocenters. The molecular formula is C27H32N4O3. The van der Waals surface area contributed by atoms with Crippen LogP contribution in [0.2, 0.25) is 0 Å². The Morgan fingerprint density at radius 3 is 2.38 bits per heavy atom. The second-order valence-electron chi connectivity index (χ2n) is 9.31. The Morgan fingerprint density at radius 2 is 1.74 bits per heavy atom. The van der Waals surface area contributed by atoms with Gasteiger partial charge in [-0.15, -0.1) is 0 Å². The summed E-state index contributed by atoms with van der Waals surface area (Å²) in [4.78, 5) is 20.2. The van der Waals surface area contributed by atoms with Crippen molar-refractivity contribution in [3.63, 3.8) is 0 Å². The number of ether oxygens (including phenoxy) is 2. The van der Waals surface area contributed by atoms with Gasteiger partial charge in [-0.2, -0.15) is 4.98 Å². The fraction of sp³-hybridized carbons (Fsp3) is 0.407. The zero-order valence-electron chi connectivity index (χ0n) is 20.6. The Hall–Kier alpha value is -3.32. The van der Waals surface area contributed by atoms with Crippen LogP contribution in [0.15, 0.2) is 35.1 Å². The average Bonchev–Trinajstić information content (AvgIpc) is 3.34. The van der Waals surface area contributed by atoms with E-state index in [0.717, 1.165) is 48.4 Å². The van der Waals surface area contributed by atoms with Gasteiger partial charge in [-0.3, -0.25) is 4.57 Å². The highest BCUT2D eigenvalue weighted by Gasteiger charge is 2.30. The Kier molecular flexibility index (Phi) is 5.81. The maximum atomic E-state index is 13.3. The summed E-state index contributed by atoms with van der Waals surface area (Å²) in [5, 5.41) is 3.48. The highest BCUT2D eigenvalue weighted by atomic mass is 16.5. The predicted octanol–water partition coefficient (Wildman–Crippen LogP) is 3.91. The predicted molar refractivity (Wildman–Crippen MR) is 135 cm³/mol. The van der Waals surface area contributed by atoms with Gasteiger partial charge >= 0.3 is 5.69 Å². The molecule has 1 aromatic heterocycles. The van der Waals surface area contributed by atoms with Gasteiger partial charge in [0.1, 0.15) is 5.82 Å². The Morgan fingerprint density at radius 1 is 1.03 bits per heavy atom. The molecule has 7 heteroatoms. The molecule has 3 heterocycles. The van der Waals surface area contributed by atoms with E-state index in [-0.39, 0.29) is 11.7 Å². The van der Waals surface area contributed by atoms with E-state index in [4.69, 9.17) is 9.47 Å². The topological polar surface area (TPSA) is 68.6 Å². The van der Waals surface area contributed by atoms with Crippen LogP contribution >= 0.6 is 0 Å². The van der Waals surface area contributed by atoms with E-state index in [1.807, 2.05) is 12.1 Å². The third kappa shape index (κ3) is 3.74. The molecule has 1 atom stereocenters. The van der Waals surface area contributed by atoms with E-state index in [2.05, 4.69) is 54.2 Å². The SMILES string of the molecule is COc1cc2c(cc1OC)-c1cc(N(c3c(C)cc(C)cc3C)C3CCNC3)nc(=O)n1CC2. The van der Waals surface area contributed by atoms with E-state index >= 15 is 0 Å². The fourth-order valence-corrected chi connectivity index (χ4v) is 5.55. The minimum atomic E-state index is -0.216. The van der Waals surface area contributed by atoms with Gasteiger partial charge in [0, 0.05) is 36.4 Å². The monoisotopic (exact) mass is 460 g/mol. The fourth-order valence-electron chi connectivity index (χ4n) is 5.55. The molecule has 1 N–H and O–H groups in total. The molecule has 0 bridgehead atoms. The van der Waals surface area contributed by atoms with E-state index in [1.165, 1.54) is 16.7 Å². The zero-order chi connectivity index (χ0) is 24.0. The normalized spacial score (nSPS) is 16.7. The maximum Gasteiger partial charge on any atom is 0.350 e. The van der Waals surface area contributed by atoms with Crippen molar-refractivity contribution in [2.45, 2.75) is 46.2 Å². The second-order valence-corrected chi connectivity index (χ2v) is 9.31. The van der Waals surface area contributed by atoms with Gasteiger partial charge in [-0.25, -0.2) is 4.79 Å². The van der Waals surface area contributed by atoms with Crippen molar-refractivity contribution < 1.29 is 9.47 Å². The van der Waals surface area contributed by atoms with Crippen LogP contribution in [0.4, 0.5) is 11.5 Å². The van der Waals surface area contributed by atoms with Crippen LogP contribution in [0.25, 0.3) is 11.3 Å². The summed E-state index contributed by atoms with van der Waals surface area (Å²) >= 11 is 0. The molecule has 0 radical (unpaired) electrons. The molecule has 2 aliphatic heterocycles. The number of anilines is 2. The molecule has 0 spiro atoms. The first-order valence-corrected chi connectivity index (χ1v) is 11.9. The van der Waals surface area contributed by atoms with E-state index in [9.17, 15) is 4.79 Å². The highest BCUT2D eigenvalue weighted by molar-refractivity contribution is 5.75. The summed E-state index contributed by atoms with van der Waals surface area (Å²) in [5.41, 5.74) is 7.54. The smallest absolute Gasteiger partial charge is 0.350 e. The van der Waals surface area contributed by atoms with Crippen LogP contribution < -0.4 is 25.4 Å². The summed E-state index contributed by atoms with van der Waals surface area (Å²) in [6, 6.07) is 10.7. The number of hydrogen-bond acceptors (Lipinski definition) is 6.